The van der Waals surface area contributed by atoms with Gasteiger partial charge in [0.05, 0.1) is 25.4 Å². The van der Waals surface area contributed by atoms with Gasteiger partial charge in [-0.1, -0.05) is 276 Å². The van der Waals surface area contributed by atoms with Crippen LogP contribution in [0.4, 0.5) is 0 Å². The average molecular weight is 919 g/mol. The van der Waals surface area contributed by atoms with Crippen LogP contribution >= 0.6 is 0 Å². The molecule has 65 heavy (non-hydrogen) atoms. The van der Waals surface area contributed by atoms with E-state index in [4.69, 9.17) is 4.74 Å². The first kappa shape index (κ1) is 63.6. The molecule has 386 valence electrons. The van der Waals surface area contributed by atoms with E-state index in [0.29, 0.717) is 25.9 Å². The van der Waals surface area contributed by atoms with E-state index in [1.54, 1.807) is 0 Å². The average Bonchev–Trinajstić information content (AvgIpc) is 3.31. The molecule has 0 saturated carbocycles. The van der Waals surface area contributed by atoms with E-state index in [9.17, 15) is 19.8 Å². The van der Waals surface area contributed by atoms with Crippen LogP contribution in [0, 0.1) is 0 Å². The van der Waals surface area contributed by atoms with Gasteiger partial charge in [0.25, 0.3) is 0 Å². The Morgan fingerprint density at radius 3 is 1.09 bits per heavy atom. The third-order valence-corrected chi connectivity index (χ3v) is 13.8. The summed E-state index contributed by atoms with van der Waals surface area (Å²) >= 11 is 0. The van der Waals surface area contributed by atoms with Crippen LogP contribution in [0.25, 0.3) is 0 Å². The Hall–Kier alpha value is -1.40. The summed E-state index contributed by atoms with van der Waals surface area (Å²) in [6.07, 6.45) is 64.9. The molecule has 0 aliphatic rings. The Morgan fingerprint density at radius 1 is 0.415 bits per heavy atom. The molecule has 0 aliphatic carbocycles. The van der Waals surface area contributed by atoms with Crippen molar-refractivity contribution in [3.05, 3.63) is 12.2 Å². The highest BCUT2D eigenvalue weighted by atomic mass is 16.5. The number of allylic oxidation sites excluding steroid dienone is 2. The summed E-state index contributed by atoms with van der Waals surface area (Å²) in [6, 6.07) is -0.546. The van der Waals surface area contributed by atoms with Crippen LogP contribution in [0.5, 0.6) is 0 Å². The fourth-order valence-corrected chi connectivity index (χ4v) is 9.28. The third kappa shape index (κ3) is 51.8. The first-order chi connectivity index (χ1) is 32.0. The maximum absolute atomic E-state index is 12.5. The summed E-state index contributed by atoms with van der Waals surface area (Å²) < 4.78 is 5.47. The Morgan fingerprint density at radius 2 is 0.723 bits per heavy atom. The lowest BCUT2D eigenvalue weighted by Crippen LogP contribution is -2.45. The van der Waals surface area contributed by atoms with Gasteiger partial charge < -0.3 is 20.3 Å². The fraction of sp³-hybridized carbons (Fsp3) is 0.932. The predicted octanol–water partition coefficient (Wildman–Crippen LogP) is 18.1. The zero-order chi connectivity index (χ0) is 47.2. The molecule has 0 fully saturated rings. The second kappa shape index (κ2) is 55.2. The number of ether oxygens (including phenoxy) is 1. The van der Waals surface area contributed by atoms with Gasteiger partial charge in [0.2, 0.25) is 5.91 Å². The van der Waals surface area contributed by atoms with Gasteiger partial charge in [-0.25, -0.2) is 0 Å². The zero-order valence-electron chi connectivity index (χ0n) is 44.0. The van der Waals surface area contributed by atoms with E-state index in [1.165, 1.54) is 257 Å². The molecular weight excluding hydrogens is 803 g/mol. The van der Waals surface area contributed by atoms with Gasteiger partial charge in [-0.15, -0.1) is 0 Å². The number of aliphatic hydroxyl groups excluding tert-OH is 2. The van der Waals surface area contributed by atoms with Crippen molar-refractivity contribution < 1.29 is 24.5 Å². The molecule has 0 bridgehead atoms. The molecule has 0 saturated heterocycles. The molecule has 0 rings (SSSR count). The Labute approximate surface area is 406 Å². The van der Waals surface area contributed by atoms with Crippen molar-refractivity contribution >= 4 is 11.9 Å². The Bertz CT molecular complexity index is 970. The summed E-state index contributed by atoms with van der Waals surface area (Å²) in [7, 11) is 0. The third-order valence-electron chi connectivity index (χ3n) is 13.8. The highest BCUT2D eigenvalue weighted by Crippen LogP contribution is 2.17. The number of amides is 1. The van der Waals surface area contributed by atoms with Crippen molar-refractivity contribution in [2.75, 3.05) is 13.2 Å². The van der Waals surface area contributed by atoms with Gasteiger partial charge in [0.1, 0.15) is 0 Å². The minimum atomic E-state index is -0.668. The van der Waals surface area contributed by atoms with Gasteiger partial charge in [0.15, 0.2) is 0 Å². The van der Waals surface area contributed by atoms with Crippen LogP contribution in [-0.2, 0) is 14.3 Å². The summed E-state index contributed by atoms with van der Waals surface area (Å²) in [5.41, 5.74) is 0. The van der Waals surface area contributed by atoms with Gasteiger partial charge in [-0.2, -0.15) is 0 Å². The Kier molecular flexibility index (Phi) is 54.0. The summed E-state index contributed by atoms with van der Waals surface area (Å²) in [5, 5.41) is 23.3. The number of hydrogen-bond donors (Lipinski definition) is 3. The quantitative estimate of drug-likeness (QED) is 0.0321. The van der Waals surface area contributed by atoms with Gasteiger partial charge >= 0.3 is 5.97 Å². The van der Waals surface area contributed by atoms with Crippen molar-refractivity contribution in [2.45, 2.75) is 341 Å². The fourth-order valence-electron chi connectivity index (χ4n) is 9.28. The van der Waals surface area contributed by atoms with Crippen molar-refractivity contribution in [1.82, 2.24) is 5.32 Å². The lowest BCUT2D eigenvalue weighted by Gasteiger charge is -2.22. The van der Waals surface area contributed by atoms with Crippen molar-refractivity contribution in [3.63, 3.8) is 0 Å². The van der Waals surface area contributed by atoms with Gasteiger partial charge in [0, 0.05) is 12.8 Å². The first-order valence-corrected chi connectivity index (χ1v) is 29.4. The molecule has 0 aromatic heterocycles. The normalized spacial score (nSPS) is 12.6. The first-order valence-electron chi connectivity index (χ1n) is 29.4. The van der Waals surface area contributed by atoms with Crippen molar-refractivity contribution in [1.29, 1.82) is 0 Å². The Balaban J connectivity index is 3.42. The largest absolute Gasteiger partial charge is 0.466 e. The highest BCUT2D eigenvalue weighted by molar-refractivity contribution is 5.76. The molecule has 3 N–H and O–H groups in total. The van der Waals surface area contributed by atoms with E-state index in [2.05, 4.69) is 31.3 Å². The number of aliphatic hydroxyl groups is 2. The summed E-state index contributed by atoms with van der Waals surface area (Å²) in [5.74, 6) is -0.0333. The van der Waals surface area contributed by atoms with E-state index in [0.717, 1.165) is 38.5 Å². The van der Waals surface area contributed by atoms with Crippen LogP contribution in [0.2, 0.25) is 0 Å². The van der Waals surface area contributed by atoms with Gasteiger partial charge in [-0.05, 0) is 51.4 Å². The second-order valence-corrected chi connectivity index (χ2v) is 20.3. The molecule has 0 aromatic rings. The number of carbonyl (C=O) groups is 2. The molecule has 2 unspecified atom stereocenters. The highest BCUT2D eigenvalue weighted by Gasteiger charge is 2.20. The number of carbonyl (C=O) groups excluding carboxylic acids is 2. The molecule has 0 heterocycles. The standard InChI is InChI=1S/C59H115NO5/c1-3-5-7-9-11-13-15-17-24-28-31-35-39-43-47-51-57(62)56(55-61)60-58(63)52-48-44-40-36-32-29-25-22-20-18-19-21-23-26-30-34-38-42-46-50-54-65-59(64)53-49-45-41-37-33-27-16-14-12-10-8-6-4-2/h18,20,56-57,61-62H,3-17,19,21-55H2,1-2H3,(H,60,63)/b20-18-. The van der Waals surface area contributed by atoms with Crippen molar-refractivity contribution in [2.24, 2.45) is 0 Å². The van der Waals surface area contributed by atoms with E-state index >= 15 is 0 Å². The van der Waals surface area contributed by atoms with E-state index in [-0.39, 0.29) is 18.5 Å². The number of nitrogens with one attached hydrogen (secondary N) is 1. The van der Waals surface area contributed by atoms with Crippen LogP contribution in [0.15, 0.2) is 12.2 Å². The number of rotatable bonds is 55. The lowest BCUT2D eigenvalue weighted by atomic mass is 10.0. The maximum Gasteiger partial charge on any atom is 0.305 e. The lowest BCUT2D eigenvalue weighted by molar-refractivity contribution is -0.143. The number of hydrogen-bond acceptors (Lipinski definition) is 5. The second-order valence-electron chi connectivity index (χ2n) is 20.3. The minimum Gasteiger partial charge on any atom is -0.466 e. The van der Waals surface area contributed by atoms with Crippen LogP contribution in [0.3, 0.4) is 0 Å². The topological polar surface area (TPSA) is 95.9 Å². The van der Waals surface area contributed by atoms with Crippen LogP contribution in [-0.4, -0.2) is 47.4 Å². The molecule has 2 atom stereocenters. The van der Waals surface area contributed by atoms with E-state index in [1.807, 2.05) is 0 Å². The molecule has 0 radical (unpaired) electrons. The molecule has 1 amide bonds. The molecule has 0 aromatic carbocycles. The summed E-state index contributed by atoms with van der Waals surface area (Å²) in [6.45, 7) is 4.96. The predicted molar refractivity (Wildman–Crippen MR) is 283 cm³/mol. The summed E-state index contributed by atoms with van der Waals surface area (Å²) in [4.78, 5) is 24.5. The molecule has 6 nitrogen and oxygen atoms in total. The van der Waals surface area contributed by atoms with E-state index < -0.39 is 12.1 Å². The molecule has 6 heteroatoms. The zero-order valence-corrected chi connectivity index (χ0v) is 44.0. The molecule has 0 aliphatic heterocycles. The van der Waals surface area contributed by atoms with Gasteiger partial charge in [-0.3, -0.25) is 9.59 Å². The molecular formula is C59H115NO5. The van der Waals surface area contributed by atoms with Crippen LogP contribution < -0.4 is 5.32 Å². The number of esters is 1. The van der Waals surface area contributed by atoms with Crippen molar-refractivity contribution in [3.8, 4) is 0 Å². The number of unbranched alkanes of at least 4 members (excludes halogenated alkanes) is 42. The smallest absolute Gasteiger partial charge is 0.305 e. The maximum atomic E-state index is 12.5. The molecule has 0 spiro atoms. The van der Waals surface area contributed by atoms with Crippen LogP contribution in [0.1, 0.15) is 328 Å². The monoisotopic (exact) mass is 918 g/mol. The SMILES string of the molecule is CCCCCCCCCCCCCCCCCC(O)C(CO)NC(=O)CCCCCCCCC/C=C\CCCCCCCCCCCOC(=O)CCCCCCCCCCCCCCC. The minimum absolute atomic E-state index is 0.00829.